The molecule has 2 N–H and O–H groups in total. The quantitative estimate of drug-likeness (QED) is 0.900. The monoisotopic (exact) mass is 283 g/mol. The normalized spacial score (nSPS) is 10.1. The highest BCUT2D eigenvalue weighted by molar-refractivity contribution is 7.18. The number of hydrogen-bond acceptors (Lipinski definition) is 5. The number of nitrogens with zero attached hydrogens (tertiary/aromatic N) is 2. The second-order valence-electron chi connectivity index (χ2n) is 3.16. The summed E-state index contributed by atoms with van der Waals surface area (Å²) in [6, 6.07) is 5.79. The third-order valence-corrected chi connectivity index (χ3v) is 3.11. The zero-order chi connectivity index (χ0) is 13.1. The number of carboxylic acids is 1. The van der Waals surface area contributed by atoms with Crippen LogP contribution in [0.25, 0.3) is 0 Å². The van der Waals surface area contributed by atoms with Gasteiger partial charge < -0.3 is 10.4 Å². The van der Waals surface area contributed by atoms with Crippen LogP contribution in [-0.4, -0.2) is 27.2 Å². The number of carboxylic acid groups (broad SMARTS) is 1. The smallest absolute Gasteiger partial charge is 0.345 e. The second kappa shape index (κ2) is 5.11. The van der Waals surface area contributed by atoms with Crippen LogP contribution in [0.2, 0.25) is 5.15 Å². The Labute approximate surface area is 110 Å². The summed E-state index contributed by atoms with van der Waals surface area (Å²) >= 11 is 6.51. The fraction of sp³-hybridized carbons (Fsp3) is 0. The van der Waals surface area contributed by atoms with Gasteiger partial charge in [-0.25, -0.2) is 4.79 Å². The summed E-state index contributed by atoms with van der Waals surface area (Å²) in [7, 11) is 0. The van der Waals surface area contributed by atoms with E-state index in [-0.39, 0.29) is 15.7 Å². The van der Waals surface area contributed by atoms with Gasteiger partial charge in [0.25, 0.3) is 5.91 Å². The Bertz CT molecular complexity index is 597. The molecule has 0 bridgehead atoms. The molecule has 1 amide bonds. The predicted octanol–water partition coefficient (Wildman–Crippen LogP) is 2.14. The summed E-state index contributed by atoms with van der Waals surface area (Å²) in [6.45, 7) is 0. The molecule has 0 saturated carbocycles. The van der Waals surface area contributed by atoms with E-state index in [9.17, 15) is 9.59 Å². The number of amides is 1. The maximum absolute atomic E-state index is 11.7. The van der Waals surface area contributed by atoms with Gasteiger partial charge in [0.05, 0.1) is 5.00 Å². The van der Waals surface area contributed by atoms with Crippen LogP contribution < -0.4 is 5.32 Å². The minimum Gasteiger partial charge on any atom is -0.477 e. The van der Waals surface area contributed by atoms with E-state index in [0.29, 0.717) is 5.00 Å². The van der Waals surface area contributed by atoms with Crippen molar-refractivity contribution in [3.8, 4) is 0 Å². The average Bonchev–Trinajstić information content (AvgIpc) is 2.78. The lowest BCUT2D eigenvalue weighted by Gasteiger charge is -2.00. The van der Waals surface area contributed by atoms with Crippen LogP contribution in [0.1, 0.15) is 20.2 Å². The second-order valence-corrected chi connectivity index (χ2v) is 4.64. The Kier molecular flexibility index (Phi) is 3.54. The van der Waals surface area contributed by atoms with Crippen molar-refractivity contribution in [2.45, 2.75) is 0 Å². The standard InChI is InChI=1S/C10H6ClN3O3S/c11-7-3-1-5(13-14-7)9(15)12-8-4-2-6(18-8)10(16)17/h1-4H,(H,12,15)(H,16,17). The first-order valence-electron chi connectivity index (χ1n) is 4.70. The van der Waals surface area contributed by atoms with Crippen LogP contribution in [0, 0.1) is 0 Å². The van der Waals surface area contributed by atoms with Gasteiger partial charge >= 0.3 is 5.97 Å². The molecule has 8 heteroatoms. The van der Waals surface area contributed by atoms with Crippen molar-refractivity contribution in [3.63, 3.8) is 0 Å². The fourth-order valence-electron chi connectivity index (χ4n) is 1.13. The molecule has 2 rings (SSSR count). The molecular weight excluding hydrogens is 278 g/mol. The van der Waals surface area contributed by atoms with Gasteiger partial charge in [0.1, 0.15) is 4.88 Å². The van der Waals surface area contributed by atoms with E-state index < -0.39 is 11.9 Å². The van der Waals surface area contributed by atoms with E-state index >= 15 is 0 Å². The minimum absolute atomic E-state index is 0.102. The number of thiophene rings is 1. The molecule has 0 unspecified atom stereocenters. The molecule has 18 heavy (non-hydrogen) atoms. The van der Waals surface area contributed by atoms with E-state index in [2.05, 4.69) is 15.5 Å². The summed E-state index contributed by atoms with van der Waals surface area (Å²) in [5, 5.41) is 19.0. The molecule has 0 aromatic carbocycles. The highest BCUT2D eigenvalue weighted by Crippen LogP contribution is 2.22. The molecule has 0 aliphatic heterocycles. The highest BCUT2D eigenvalue weighted by Gasteiger charge is 2.12. The van der Waals surface area contributed by atoms with Gasteiger partial charge in [-0.2, -0.15) is 0 Å². The van der Waals surface area contributed by atoms with Crippen LogP contribution in [-0.2, 0) is 0 Å². The number of anilines is 1. The molecule has 0 radical (unpaired) electrons. The van der Waals surface area contributed by atoms with Crippen molar-refractivity contribution in [1.29, 1.82) is 0 Å². The van der Waals surface area contributed by atoms with Crippen molar-refractivity contribution in [2.24, 2.45) is 0 Å². The summed E-state index contributed by atoms with van der Waals surface area (Å²) in [5.41, 5.74) is 0.102. The molecule has 2 heterocycles. The summed E-state index contributed by atoms with van der Waals surface area (Å²) < 4.78 is 0. The van der Waals surface area contributed by atoms with Crippen LogP contribution in [0.15, 0.2) is 24.3 Å². The van der Waals surface area contributed by atoms with Crippen molar-refractivity contribution < 1.29 is 14.7 Å². The van der Waals surface area contributed by atoms with Crippen molar-refractivity contribution in [3.05, 3.63) is 40.0 Å². The van der Waals surface area contributed by atoms with Crippen LogP contribution in [0.3, 0.4) is 0 Å². The molecule has 2 aromatic rings. The maximum atomic E-state index is 11.7. The van der Waals surface area contributed by atoms with Crippen molar-refractivity contribution in [2.75, 3.05) is 5.32 Å². The number of carbonyl (C=O) groups excluding carboxylic acids is 1. The molecule has 6 nitrogen and oxygen atoms in total. The Hall–Kier alpha value is -1.99. The van der Waals surface area contributed by atoms with E-state index in [0.717, 1.165) is 11.3 Å². The summed E-state index contributed by atoms with van der Waals surface area (Å²) in [4.78, 5) is 22.5. The molecule has 0 spiro atoms. The van der Waals surface area contributed by atoms with Gasteiger partial charge in [0.15, 0.2) is 10.8 Å². The summed E-state index contributed by atoms with van der Waals surface area (Å²) in [5.74, 6) is -1.51. The number of carbonyl (C=O) groups is 2. The van der Waals surface area contributed by atoms with E-state index in [1.807, 2.05) is 0 Å². The SMILES string of the molecule is O=C(Nc1ccc(C(=O)O)s1)c1ccc(Cl)nn1. The Morgan fingerprint density at radius 1 is 1.22 bits per heavy atom. The number of hydrogen-bond donors (Lipinski definition) is 2. The lowest BCUT2D eigenvalue weighted by atomic mass is 10.4. The Morgan fingerprint density at radius 3 is 2.56 bits per heavy atom. The number of aromatic nitrogens is 2. The summed E-state index contributed by atoms with van der Waals surface area (Å²) in [6.07, 6.45) is 0. The number of rotatable bonds is 3. The predicted molar refractivity (Wildman–Crippen MR) is 66.3 cm³/mol. The van der Waals surface area contributed by atoms with E-state index in [4.69, 9.17) is 16.7 Å². The molecule has 0 atom stereocenters. The Balaban J connectivity index is 2.11. The average molecular weight is 284 g/mol. The first-order valence-corrected chi connectivity index (χ1v) is 5.89. The van der Waals surface area contributed by atoms with Crippen molar-refractivity contribution in [1.82, 2.24) is 10.2 Å². The molecule has 0 fully saturated rings. The molecule has 0 aliphatic carbocycles. The highest BCUT2D eigenvalue weighted by atomic mass is 35.5. The zero-order valence-electron chi connectivity index (χ0n) is 8.75. The molecule has 0 saturated heterocycles. The number of halogens is 1. The van der Waals surface area contributed by atoms with Crippen LogP contribution in [0.4, 0.5) is 5.00 Å². The van der Waals surface area contributed by atoms with Gasteiger partial charge in [0, 0.05) is 0 Å². The molecule has 2 aromatic heterocycles. The van der Waals surface area contributed by atoms with E-state index in [1.165, 1.54) is 24.3 Å². The molecule has 0 aliphatic rings. The molecule has 92 valence electrons. The van der Waals surface area contributed by atoms with Gasteiger partial charge in [-0.15, -0.1) is 21.5 Å². The zero-order valence-corrected chi connectivity index (χ0v) is 10.3. The third-order valence-electron chi connectivity index (χ3n) is 1.92. The van der Waals surface area contributed by atoms with Gasteiger partial charge in [0.2, 0.25) is 0 Å². The first-order chi connectivity index (χ1) is 8.56. The lowest BCUT2D eigenvalue weighted by molar-refractivity contribution is 0.0702. The number of nitrogens with one attached hydrogen (secondary N) is 1. The third kappa shape index (κ3) is 2.82. The van der Waals surface area contributed by atoms with Gasteiger partial charge in [-0.1, -0.05) is 11.6 Å². The number of aromatic carboxylic acids is 1. The topological polar surface area (TPSA) is 92.2 Å². The van der Waals surface area contributed by atoms with Crippen molar-refractivity contribution >= 4 is 39.8 Å². The van der Waals surface area contributed by atoms with Gasteiger partial charge in [-0.05, 0) is 24.3 Å². The van der Waals surface area contributed by atoms with Crippen LogP contribution >= 0.6 is 22.9 Å². The lowest BCUT2D eigenvalue weighted by Crippen LogP contribution is -2.13. The Morgan fingerprint density at radius 2 is 2.00 bits per heavy atom. The maximum Gasteiger partial charge on any atom is 0.345 e. The molecular formula is C10H6ClN3O3S. The minimum atomic E-state index is -1.04. The van der Waals surface area contributed by atoms with E-state index in [1.54, 1.807) is 0 Å². The largest absolute Gasteiger partial charge is 0.477 e. The fourth-order valence-corrected chi connectivity index (χ4v) is 1.97. The van der Waals surface area contributed by atoms with Crippen LogP contribution in [0.5, 0.6) is 0 Å². The van der Waals surface area contributed by atoms with Gasteiger partial charge in [-0.3, -0.25) is 4.79 Å². The first kappa shape index (κ1) is 12.5.